The molecule has 9 heteroatoms. The first-order valence-corrected chi connectivity index (χ1v) is 7.36. The normalized spacial score (nSPS) is 14.6. The molecule has 0 saturated heterocycles. The molecule has 0 bridgehead atoms. The van der Waals surface area contributed by atoms with Gasteiger partial charge in [0.05, 0.1) is 0 Å². The van der Waals surface area contributed by atoms with Gasteiger partial charge in [-0.3, -0.25) is 4.79 Å². The highest BCUT2D eigenvalue weighted by Gasteiger charge is 2.39. The summed E-state index contributed by atoms with van der Waals surface area (Å²) in [5, 5.41) is 22.1. The van der Waals surface area contributed by atoms with Crippen molar-refractivity contribution in [2.24, 2.45) is 0 Å². The van der Waals surface area contributed by atoms with Gasteiger partial charge in [-0.25, -0.2) is 4.79 Å². The van der Waals surface area contributed by atoms with Crippen LogP contribution in [0.2, 0.25) is 0 Å². The first-order chi connectivity index (χ1) is 11.3. The first-order valence-electron chi connectivity index (χ1n) is 7.36. The van der Waals surface area contributed by atoms with Gasteiger partial charge in [0.1, 0.15) is 17.8 Å². The SMILES string of the molecule is CC(C)(C)OC(=O)NCC(O)C(O)c1cccc(C(=O)C(F)(F)F)c1. The van der Waals surface area contributed by atoms with E-state index in [1.54, 1.807) is 20.8 Å². The van der Waals surface area contributed by atoms with Crippen LogP contribution in [0, 0.1) is 0 Å². The predicted molar refractivity (Wildman–Crippen MR) is 82.0 cm³/mol. The van der Waals surface area contributed by atoms with Crippen molar-refractivity contribution in [1.29, 1.82) is 0 Å². The van der Waals surface area contributed by atoms with Crippen molar-refractivity contribution in [1.82, 2.24) is 5.32 Å². The minimum Gasteiger partial charge on any atom is -0.444 e. The molecular formula is C16H20F3NO5. The maximum atomic E-state index is 12.4. The summed E-state index contributed by atoms with van der Waals surface area (Å²) in [6.07, 6.45) is -8.97. The molecule has 1 aromatic carbocycles. The number of nitrogens with one attached hydrogen (secondary N) is 1. The third-order valence-corrected chi connectivity index (χ3v) is 2.97. The number of aliphatic hydroxyl groups is 2. The smallest absolute Gasteiger partial charge is 0.444 e. The summed E-state index contributed by atoms with van der Waals surface area (Å²) in [5.74, 6) is -2.05. The molecule has 3 N–H and O–H groups in total. The molecule has 0 fully saturated rings. The zero-order valence-electron chi connectivity index (χ0n) is 13.9. The fraction of sp³-hybridized carbons (Fsp3) is 0.500. The quantitative estimate of drug-likeness (QED) is 0.698. The predicted octanol–water partition coefficient (Wildman–Crippen LogP) is 2.35. The summed E-state index contributed by atoms with van der Waals surface area (Å²) in [7, 11) is 0. The molecular weight excluding hydrogens is 343 g/mol. The average Bonchev–Trinajstić information content (AvgIpc) is 2.48. The zero-order valence-corrected chi connectivity index (χ0v) is 13.9. The molecule has 0 saturated carbocycles. The summed E-state index contributed by atoms with van der Waals surface area (Å²) in [6, 6.07) is 4.22. The molecule has 0 heterocycles. The van der Waals surface area contributed by atoms with Crippen molar-refractivity contribution in [3.05, 3.63) is 35.4 Å². The van der Waals surface area contributed by atoms with Crippen LogP contribution in [0.5, 0.6) is 0 Å². The van der Waals surface area contributed by atoms with E-state index < -0.39 is 48.0 Å². The topological polar surface area (TPSA) is 95.9 Å². The Morgan fingerprint density at radius 3 is 2.32 bits per heavy atom. The Hall–Kier alpha value is -2.13. The first kappa shape index (κ1) is 20.9. The van der Waals surface area contributed by atoms with Crippen LogP contribution in [0.4, 0.5) is 18.0 Å². The number of rotatable bonds is 5. The standard InChI is InChI=1S/C16H20F3NO5/c1-15(2,3)25-14(24)20-8-11(21)12(22)9-5-4-6-10(7-9)13(23)16(17,18)19/h4-7,11-12,21-22H,8H2,1-3H3,(H,20,24). The minimum absolute atomic E-state index is 0.0893. The Labute approximate surface area is 142 Å². The van der Waals surface area contributed by atoms with Crippen molar-refractivity contribution in [3.63, 3.8) is 0 Å². The number of carbonyl (C=O) groups excluding carboxylic acids is 2. The lowest BCUT2D eigenvalue weighted by Gasteiger charge is -2.22. The number of amides is 1. The van der Waals surface area contributed by atoms with E-state index in [0.717, 1.165) is 18.2 Å². The number of benzene rings is 1. The van der Waals surface area contributed by atoms with E-state index in [1.165, 1.54) is 6.07 Å². The van der Waals surface area contributed by atoms with E-state index in [0.29, 0.717) is 0 Å². The maximum Gasteiger partial charge on any atom is 0.454 e. The van der Waals surface area contributed by atoms with Crippen LogP contribution >= 0.6 is 0 Å². The van der Waals surface area contributed by atoms with Crippen molar-refractivity contribution in [2.45, 2.75) is 44.8 Å². The number of ketones is 1. The fourth-order valence-corrected chi connectivity index (χ4v) is 1.86. The fourth-order valence-electron chi connectivity index (χ4n) is 1.86. The highest BCUT2D eigenvalue weighted by molar-refractivity contribution is 6.00. The molecule has 140 valence electrons. The van der Waals surface area contributed by atoms with Crippen molar-refractivity contribution in [2.75, 3.05) is 6.54 Å². The van der Waals surface area contributed by atoms with Crippen LogP contribution in [-0.2, 0) is 4.74 Å². The number of alkyl halides is 3. The molecule has 1 aromatic rings. The lowest BCUT2D eigenvalue weighted by atomic mass is 10.00. The Bertz CT molecular complexity index is 625. The van der Waals surface area contributed by atoms with Gasteiger partial charge in [-0.1, -0.05) is 18.2 Å². The van der Waals surface area contributed by atoms with Gasteiger partial charge >= 0.3 is 12.3 Å². The number of hydrogen-bond donors (Lipinski definition) is 3. The van der Waals surface area contributed by atoms with Gasteiger partial charge in [-0.15, -0.1) is 0 Å². The molecule has 0 aromatic heterocycles. The second-order valence-electron chi connectivity index (χ2n) is 6.35. The van der Waals surface area contributed by atoms with Crippen LogP contribution < -0.4 is 5.32 Å². The molecule has 1 amide bonds. The second-order valence-corrected chi connectivity index (χ2v) is 6.35. The zero-order chi connectivity index (χ0) is 19.4. The molecule has 1 rings (SSSR count). The maximum absolute atomic E-state index is 12.4. The summed E-state index contributed by atoms with van der Waals surface area (Å²) < 4.78 is 42.3. The van der Waals surface area contributed by atoms with Gasteiger partial charge in [-0.2, -0.15) is 13.2 Å². The Morgan fingerprint density at radius 2 is 1.80 bits per heavy atom. The third kappa shape index (κ3) is 6.71. The number of carbonyl (C=O) groups is 2. The molecule has 0 spiro atoms. The average molecular weight is 363 g/mol. The largest absolute Gasteiger partial charge is 0.454 e. The number of Topliss-reactive ketones (excluding diaryl/α,β-unsaturated/α-hetero) is 1. The Balaban J connectivity index is 2.75. The molecule has 0 aliphatic carbocycles. The number of aliphatic hydroxyl groups excluding tert-OH is 2. The van der Waals surface area contributed by atoms with E-state index in [-0.39, 0.29) is 5.56 Å². The summed E-state index contributed by atoms with van der Waals surface area (Å²) in [6.45, 7) is 4.52. The molecule has 6 nitrogen and oxygen atoms in total. The lowest BCUT2D eigenvalue weighted by molar-refractivity contribution is -0.0885. The third-order valence-electron chi connectivity index (χ3n) is 2.97. The molecule has 0 aliphatic rings. The summed E-state index contributed by atoms with van der Waals surface area (Å²) in [5.41, 5.74) is -1.50. The van der Waals surface area contributed by atoms with Crippen LogP contribution in [0.25, 0.3) is 0 Å². The van der Waals surface area contributed by atoms with Crippen LogP contribution in [0.3, 0.4) is 0 Å². The van der Waals surface area contributed by atoms with Gasteiger partial charge in [0.15, 0.2) is 0 Å². The van der Waals surface area contributed by atoms with Crippen LogP contribution in [-0.4, -0.2) is 46.5 Å². The molecule has 0 aliphatic heterocycles. The van der Waals surface area contributed by atoms with Crippen molar-refractivity contribution >= 4 is 11.9 Å². The van der Waals surface area contributed by atoms with E-state index in [2.05, 4.69) is 5.32 Å². The number of halogens is 3. The van der Waals surface area contributed by atoms with Crippen LogP contribution in [0.1, 0.15) is 42.8 Å². The van der Waals surface area contributed by atoms with E-state index in [1.807, 2.05) is 0 Å². The van der Waals surface area contributed by atoms with Gasteiger partial charge in [0.2, 0.25) is 0 Å². The second kappa shape index (κ2) is 7.83. The monoisotopic (exact) mass is 363 g/mol. The van der Waals surface area contributed by atoms with Gasteiger partial charge in [0.25, 0.3) is 5.78 Å². The molecule has 0 radical (unpaired) electrons. The number of ether oxygens (including phenoxy) is 1. The Morgan fingerprint density at radius 1 is 1.20 bits per heavy atom. The van der Waals surface area contributed by atoms with Crippen LogP contribution in [0.15, 0.2) is 24.3 Å². The van der Waals surface area contributed by atoms with E-state index >= 15 is 0 Å². The van der Waals surface area contributed by atoms with E-state index in [9.17, 15) is 33.0 Å². The van der Waals surface area contributed by atoms with E-state index in [4.69, 9.17) is 4.74 Å². The number of alkyl carbamates (subject to hydrolysis) is 1. The number of hydrogen-bond acceptors (Lipinski definition) is 5. The highest BCUT2D eigenvalue weighted by Crippen LogP contribution is 2.24. The van der Waals surface area contributed by atoms with Gasteiger partial charge in [-0.05, 0) is 32.4 Å². The Kier molecular flexibility index (Phi) is 6.55. The van der Waals surface area contributed by atoms with Crippen molar-refractivity contribution < 1.29 is 37.7 Å². The summed E-state index contributed by atoms with van der Waals surface area (Å²) in [4.78, 5) is 22.7. The minimum atomic E-state index is -5.04. The highest BCUT2D eigenvalue weighted by atomic mass is 19.4. The molecule has 25 heavy (non-hydrogen) atoms. The van der Waals surface area contributed by atoms with Crippen molar-refractivity contribution in [3.8, 4) is 0 Å². The summed E-state index contributed by atoms with van der Waals surface area (Å²) >= 11 is 0. The lowest BCUT2D eigenvalue weighted by Crippen LogP contribution is -2.38. The molecule has 2 atom stereocenters. The van der Waals surface area contributed by atoms with Gasteiger partial charge < -0.3 is 20.3 Å². The molecule has 2 unspecified atom stereocenters. The van der Waals surface area contributed by atoms with Gasteiger partial charge in [0, 0.05) is 12.1 Å².